The minimum Gasteiger partial charge on any atom is -0.465 e. The Morgan fingerprint density at radius 1 is 1.37 bits per heavy atom. The Kier molecular flexibility index (Phi) is 5.77. The molecular formula is C16H23NO2. The van der Waals surface area contributed by atoms with Crippen LogP contribution in [0.25, 0.3) is 0 Å². The van der Waals surface area contributed by atoms with Gasteiger partial charge in [0.25, 0.3) is 0 Å². The fourth-order valence-corrected chi connectivity index (χ4v) is 2.38. The predicted molar refractivity (Wildman–Crippen MR) is 78.2 cm³/mol. The van der Waals surface area contributed by atoms with Gasteiger partial charge in [-0.3, -0.25) is 5.32 Å². The summed E-state index contributed by atoms with van der Waals surface area (Å²) < 4.78 is 5.16. The summed E-state index contributed by atoms with van der Waals surface area (Å²) in [6, 6.07) is 3.74. The highest BCUT2D eigenvalue weighted by Gasteiger charge is 2.24. The van der Waals surface area contributed by atoms with E-state index in [4.69, 9.17) is 4.74 Å². The Hall–Kier alpha value is -1.61. The molecule has 0 fully saturated rings. The third-order valence-electron chi connectivity index (χ3n) is 3.02. The van der Waals surface area contributed by atoms with E-state index in [1.807, 2.05) is 20.8 Å². The van der Waals surface area contributed by atoms with Gasteiger partial charge in [-0.1, -0.05) is 23.8 Å². The smallest absolute Gasteiger partial charge is 0.327 e. The van der Waals surface area contributed by atoms with Crippen molar-refractivity contribution >= 4 is 5.97 Å². The van der Waals surface area contributed by atoms with Gasteiger partial charge < -0.3 is 4.74 Å². The largest absolute Gasteiger partial charge is 0.465 e. The van der Waals surface area contributed by atoms with Gasteiger partial charge in [0.15, 0.2) is 0 Å². The number of ether oxygens (including phenoxy) is 1. The van der Waals surface area contributed by atoms with E-state index in [1.165, 1.54) is 5.56 Å². The molecule has 0 spiro atoms. The Morgan fingerprint density at radius 3 is 2.42 bits per heavy atom. The monoisotopic (exact) mass is 261 g/mol. The lowest BCUT2D eigenvalue weighted by Crippen LogP contribution is -2.31. The number of benzene rings is 1. The van der Waals surface area contributed by atoms with Crippen molar-refractivity contribution in [2.75, 3.05) is 13.2 Å². The summed E-state index contributed by atoms with van der Waals surface area (Å²) >= 11 is 0. The molecule has 0 saturated carbocycles. The van der Waals surface area contributed by atoms with Crippen LogP contribution in [0.15, 0.2) is 24.8 Å². The second-order valence-corrected chi connectivity index (χ2v) is 4.69. The van der Waals surface area contributed by atoms with Crippen LogP contribution in [-0.4, -0.2) is 19.1 Å². The molecule has 0 heterocycles. The van der Waals surface area contributed by atoms with E-state index in [0.717, 1.165) is 16.7 Å². The number of carbonyl (C=O) groups is 1. The minimum atomic E-state index is -0.432. The third-order valence-corrected chi connectivity index (χ3v) is 3.02. The lowest BCUT2D eigenvalue weighted by Gasteiger charge is -2.21. The van der Waals surface area contributed by atoms with Gasteiger partial charge in [0.2, 0.25) is 0 Å². The number of aryl methyl sites for hydroxylation is 3. The number of rotatable bonds is 6. The van der Waals surface area contributed by atoms with Crippen LogP contribution in [0.2, 0.25) is 0 Å². The zero-order valence-electron chi connectivity index (χ0n) is 12.2. The molecule has 0 radical (unpaired) electrons. The highest BCUT2D eigenvalue weighted by Crippen LogP contribution is 2.24. The fraction of sp³-hybridized carbons (Fsp3) is 0.438. The zero-order chi connectivity index (χ0) is 14.4. The topological polar surface area (TPSA) is 38.3 Å². The Morgan fingerprint density at radius 2 is 1.95 bits per heavy atom. The molecule has 1 N–H and O–H groups in total. The molecule has 0 amide bonds. The van der Waals surface area contributed by atoms with Gasteiger partial charge in [-0.2, -0.15) is 0 Å². The van der Waals surface area contributed by atoms with Crippen LogP contribution in [0.3, 0.4) is 0 Å². The average Bonchev–Trinajstić information content (AvgIpc) is 2.32. The molecule has 0 aromatic heterocycles. The van der Waals surface area contributed by atoms with E-state index in [0.29, 0.717) is 13.2 Å². The standard InChI is InChI=1S/C16H23NO2/c1-6-8-17-15(16(18)19-7-2)14-12(4)9-11(3)10-13(14)5/h6,9-10,15,17H,1,7-8H2,2-5H3. The van der Waals surface area contributed by atoms with E-state index >= 15 is 0 Å². The van der Waals surface area contributed by atoms with Crippen LogP contribution in [0.5, 0.6) is 0 Å². The van der Waals surface area contributed by atoms with E-state index in [-0.39, 0.29) is 5.97 Å². The molecule has 0 saturated heterocycles. The molecule has 3 nitrogen and oxygen atoms in total. The third kappa shape index (κ3) is 3.93. The molecule has 0 bridgehead atoms. The molecule has 1 aromatic rings. The maximum absolute atomic E-state index is 12.1. The lowest BCUT2D eigenvalue weighted by molar-refractivity contribution is -0.145. The van der Waals surface area contributed by atoms with Gasteiger partial charge in [0.05, 0.1) is 6.61 Å². The van der Waals surface area contributed by atoms with Gasteiger partial charge in [0.1, 0.15) is 6.04 Å². The average molecular weight is 261 g/mol. The molecule has 0 aliphatic carbocycles. The maximum Gasteiger partial charge on any atom is 0.327 e. The molecule has 1 unspecified atom stereocenters. The first-order valence-corrected chi connectivity index (χ1v) is 6.59. The fourth-order valence-electron chi connectivity index (χ4n) is 2.38. The van der Waals surface area contributed by atoms with Crippen molar-refractivity contribution in [2.45, 2.75) is 33.7 Å². The van der Waals surface area contributed by atoms with Crippen molar-refractivity contribution in [3.8, 4) is 0 Å². The summed E-state index contributed by atoms with van der Waals surface area (Å²) in [5.41, 5.74) is 4.41. The van der Waals surface area contributed by atoms with Crippen molar-refractivity contribution in [1.82, 2.24) is 5.32 Å². The normalized spacial score (nSPS) is 12.0. The first-order chi connectivity index (χ1) is 9.01. The van der Waals surface area contributed by atoms with Crippen LogP contribution < -0.4 is 5.32 Å². The van der Waals surface area contributed by atoms with E-state index in [2.05, 4.69) is 31.0 Å². The summed E-state index contributed by atoms with van der Waals surface area (Å²) in [5.74, 6) is -0.237. The Balaban J connectivity index is 3.16. The second-order valence-electron chi connectivity index (χ2n) is 4.69. The number of carbonyl (C=O) groups excluding carboxylic acids is 1. The summed E-state index contributed by atoms with van der Waals surface area (Å²) in [4.78, 5) is 12.1. The second kappa shape index (κ2) is 7.10. The first kappa shape index (κ1) is 15.4. The zero-order valence-corrected chi connectivity index (χ0v) is 12.2. The van der Waals surface area contributed by atoms with Gasteiger partial charge in [-0.05, 0) is 44.4 Å². The van der Waals surface area contributed by atoms with E-state index < -0.39 is 6.04 Å². The highest BCUT2D eigenvalue weighted by atomic mass is 16.5. The van der Waals surface area contributed by atoms with Crippen LogP contribution in [0.1, 0.15) is 35.2 Å². The number of esters is 1. The number of nitrogens with one attached hydrogen (secondary N) is 1. The molecule has 104 valence electrons. The summed E-state index contributed by atoms with van der Waals surface area (Å²) in [5, 5.41) is 3.18. The van der Waals surface area contributed by atoms with Gasteiger partial charge in [0, 0.05) is 6.54 Å². The van der Waals surface area contributed by atoms with E-state index in [9.17, 15) is 4.79 Å². The Labute approximate surface area is 115 Å². The van der Waals surface area contributed by atoms with Gasteiger partial charge >= 0.3 is 5.97 Å². The van der Waals surface area contributed by atoms with Crippen molar-refractivity contribution < 1.29 is 9.53 Å². The van der Waals surface area contributed by atoms with Crippen LogP contribution in [-0.2, 0) is 9.53 Å². The van der Waals surface area contributed by atoms with Gasteiger partial charge in [-0.15, -0.1) is 6.58 Å². The first-order valence-electron chi connectivity index (χ1n) is 6.59. The lowest BCUT2D eigenvalue weighted by atomic mass is 9.94. The quantitative estimate of drug-likeness (QED) is 0.632. The molecule has 1 atom stereocenters. The summed E-state index contributed by atoms with van der Waals surface area (Å²) in [6.45, 7) is 12.5. The molecule has 0 aliphatic heterocycles. The SMILES string of the molecule is C=CCNC(C(=O)OCC)c1c(C)cc(C)cc1C. The van der Waals surface area contributed by atoms with E-state index in [1.54, 1.807) is 6.08 Å². The molecular weight excluding hydrogens is 238 g/mol. The van der Waals surface area contributed by atoms with Crippen LogP contribution in [0, 0.1) is 20.8 Å². The number of hydrogen-bond donors (Lipinski definition) is 1. The predicted octanol–water partition coefficient (Wildman–Crippen LogP) is 2.99. The molecule has 0 aliphatic rings. The molecule has 1 rings (SSSR count). The van der Waals surface area contributed by atoms with Crippen LogP contribution in [0.4, 0.5) is 0 Å². The van der Waals surface area contributed by atoms with Crippen molar-refractivity contribution in [1.29, 1.82) is 0 Å². The van der Waals surface area contributed by atoms with Crippen molar-refractivity contribution in [3.63, 3.8) is 0 Å². The molecule has 19 heavy (non-hydrogen) atoms. The molecule has 1 aromatic carbocycles. The minimum absolute atomic E-state index is 0.237. The van der Waals surface area contributed by atoms with Gasteiger partial charge in [-0.25, -0.2) is 4.79 Å². The van der Waals surface area contributed by atoms with Crippen molar-refractivity contribution in [2.24, 2.45) is 0 Å². The molecule has 3 heteroatoms. The summed E-state index contributed by atoms with van der Waals surface area (Å²) in [6.07, 6.45) is 1.74. The van der Waals surface area contributed by atoms with Crippen molar-refractivity contribution in [3.05, 3.63) is 47.0 Å². The Bertz CT molecular complexity index is 443. The summed E-state index contributed by atoms with van der Waals surface area (Å²) in [7, 11) is 0. The maximum atomic E-state index is 12.1. The number of hydrogen-bond acceptors (Lipinski definition) is 3. The van der Waals surface area contributed by atoms with Crippen LogP contribution >= 0.6 is 0 Å². The highest BCUT2D eigenvalue weighted by molar-refractivity contribution is 5.79.